The van der Waals surface area contributed by atoms with Crippen LogP contribution in [-0.4, -0.2) is 12.3 Å². The third-order valence-corrected chi connectivity index (χ3v) is 2.86. The molecular formula is C11H17NS. The zero-order valence-electron chi connectivity index (χ0n) is 8.50. The van der Waals surface area contributed by atoms with Crippen LogP contribution in [0.5, 0.6) is 0 Å². The minimum absolute atomic E-state index is 0.556. The molecule has 0 radical (unpaired) electrons. The molecule has 0 heterocycles. The Hall–Kier alpha value is -0.630. The van der Waals surface area contributed by atoms with Crippen LogP contribution in [0.2, 0.25) is 0 Å². The van der Waals surface area contributed by atoms with Gasteiger partial charge in [0.1, 0.15) is 0 Å². The van der Waals surface area contributed by atoms with Gasteiger partial charge in [-0.05, 0) is 43.9 Å². The second-order valence-electron chi connectivity index (χ2n) is 3.18. The van der Waals surface area contributed by atoms with E-state index in [2.05, 4.69) is 49.7 Å². The molecule has 2 heteroatoms. The summed E-state index contributed by atoms with van der Waals surface area (Å²) in [7, 11) is 0. The molecule has 0 unspecified atom stereocenters. The third-order valence-electron chi connectivity index (χ3n) is 2.12. The molecule has 72 valence electrons. The van der Waals surface area contributed by atoms with E-state index in [1.54, 1.807) is 11.8 Å². The van der Waals surface area contributed by atoms with Crippen molar-refractivity contribution in [1.29, 1.82) is 0 Å². The van der Waals surface area contributed by atoms with E-state index < -0.39 is 0 Å². The summed E-state index contributed by atoms with van der Waals surface area (Å²) in [6, 6.07) is 9.13. The van der Waals surface area contributed by atoms with Gasteiger partial charge in [0.05, 0.1) is 0 Å². The van der Waals surface area contributed by atoms with Crippen molar-refractivity contribution in [3.63, 3.8) is 0 Å². The van der Waals surface area contributed by atoms with E-state index in [0.717, 1.165) is 6.42 Å². The molecule has 1 N–H and O–H groups in total. The van der Waals surface area contributed by atoms with Crippen molar-refractivity contribution in [2.75, 3.05) is 11.6 Å². The summed E-state index contributed by atoms with van der Waals surface area (Å²) >= 11 is 1.77. The number of anilines is 1. The summed E-state index contributed by atoms with van der Waals surface area (Å²) in [5, 5.41) is 3.43. The van der Waals surface area contributed by atoms with Crippen molar-refractivity contribution in [2.45, 2.75) is 31.2 Å². The minimum Gasteiger partial charge on any atom is -0.383 e. The topological polar surface area (TPSA) is 12.0 Å². The molecule has 0 aromatic heterocycles. The van der Waals surface area contributed by atoms with E-state index in [0.29, 0.717) is 6.04 Å². The molecule has 0 aliphatic rings. The van der Waals surface area contributed by atoms with Gasteiger partial charge in [-0.25, -0.2) is 0 Å². The Morgan fingerprint density at radius 1 is 1.31 bits per heavy atom. The Morgan fingerprint density at radius 2 is 1.92 bits per heavy atom. The molecule has 0 bridgehead atoms. The van der Waals surface area contributed by atoms with Gasteiger partial charge in [0.25, 0.3) is 0 Å². The van der Waals surface area contributed by atoms with Crippen molar-refractivity contribution >= 4 is 17.4 Å². The molecule has 0 saturated carbocycles. The average Bonchev–Trinajstić information content (AvgIpc) is 2.19. The molecule has 0 amide bonds. The lowest BCUT2D eigenvalue weighted by atomic mass is 10.2. The molecule has 0 saturated heterocycles. The van der Waals surface area contributed by atoms with E-state index in [4.69, 9.17) is 0 Å². The molecule has 0 aliphatic carbocycles. The molecule has 0 fully saturated rings. The summed E-state index contributed by atoms with van der Waals surface area (Å²) < 4.78 is 0. The van der Waals surface area contributed by atoms with Crippen molar-refractivity contribution in [1.82, 2.24) is 0 Å². The van der Waals surface area contributed by atoms with Gasteiger partial charge in [-0.3, -0.25) is 0 Å². The van der Waals surface area contributed by atoms with Gasteiger partial charge < -0.3 is 5.32 Å². The van der Waals surface area contributed by atoms with Crippen molar-refractivity contribution in [2.24, 2.45) is 0 Å². The first-order chi connectivity index (χ1) is 6.26. The number of benzene rings is 1. The Balaban J connectivity index is 2.58. The van der Waals surface area contributed by atoms with Gasteiger partial charge in [-0.2, -0.15) is 0 Å². The maximum Gasteiger partial charge on any atom is 0.0342 e. The maximum absolute atomic E-state index is 3.43. The fourth-order valence-corrected chi connectivity index (χ4v) is 1.48. The summed E-state index contributed by atoms with van der Waals surface area (Å²) in [5.41, 5.74) is 1.21. The molecule has 0 spiro atoms. The van der Waals surface area contributed by atoms with Crippen LogP contribution >= 0.6 is 11.8 Å². The highest BCUT2D eigenvalue weighted by atomic mass is 32.2. The normalized spacial score (nSPS) is 12.5. The van der Waals surface area contributed by atoms with Crippen LogP contribution in [0.4, 0.5) is 5.69 Å². The highest BCUT2D eigenvalue weighted by Gasteiger charge is 1.97. The molecular weight excluding hydrogens is 178 g/mol. The highest BCUT2D eigenvalue weighted by Crippen LogP contribution is 2.18. The average molecular weight is 195 g/mol. The van der Waals surface area contributed by atoms with Crippen LogP contribution in [0.15, 0.2) is 29.2 Å². The fraction of sp³-hybridized carbons (Fsp3) is 0.455. The second-order valence-corrected chi connectivity index (χ2v) is 4.06. The fourth-order valence-electron chi connectivity index (χ4n) is 1.07. The number of thioether (sulfide) groups is 1. The maximum atomic E-state index is 3.43. The standard InChI is InChI=1S/C11H17NS/c1-4-9(2)12-10-5-7-11(13-3)8-6-10/h5-9,12H,4H2,1-3H3/t9-/m1/s1. The molecule has 1 aromatic rings. The Bertz CT molecular complexity index is 243. The van der Waals surface area contributed by atoms with Gasteiger partial charge >= 0.3 is 0 Å². The second kappa shape index (κ2) is 5.18. The Morgan fingerprint density at radius 3 is 2.38 bits per heavy atom. The van der Waals surface area contributed by atoms with Crippen molar-refractivity contribution in [3.05, 3.63) is 24.3 Å². The lowest BCUT2D eigenvalue weighted by Gasteiger charge is -2.12. The summed E-state index contributed by atoms with van der Waals surface area (Å²) in [6.45, 7) is 4.39. The zero-order valence-corrected chi connectivity index (χ0v) is 9.32. The van der Waals surface area contributed by atoms with Gasteiger partial charge in [0.2, 0.25) is 0 Å². The van der Waals surface area contributed by atoms with E-state index >= 15 is 0 Å². The SMILES string of the molecule is CC[C@@H](C)Nc1ccc(SC)cc1. The Kier molecular flexibility index (Phi) is 4.16. The summed E-state index contributed by atoms with van der Waals surface area (Å²) in [5.74, 6) is 0. The van der Waals surface area contributed by atoms with E-state index in [1.807, 2.05) is 0 Å². The van der Waals surface area contributed by atoms with E-state index in [-0.39, 0.29) is 0 Å². The van der Waals surface area contributed by atoms with Gasteiger partial charge in [-0.15, -0.1) is 11.8 Å². The third kappa shape index (κ3) is 3.31. The van der Waals surface area contributed by atoms with Crippen LogP contribution in [0.25, 0.3) is 0 Å². The Labute approximate surface area is 84.9 Å². The smallest absolute Gasteiger partial charge is 0.0342 e. The van der Waals surface area contributed by atoms with E-state index in [9.17, 15) is 0 Å². The summed E-state index contributed by atoms with van der Waals surface area (Å²) in [4.78, 5) is 1.31. The first kappa shape index (κ1) is 10.5. The van der Waals surface area contributed by atoms with Crippen LogP contribution < -0.4 is 5.32 Å². The summed E-state index contributed by atoms with van der Waals surface area (Å²) in [6.07, 6.45) is 3.25. The van der Waals surface area contributed by atoms with Crippen LogP contribution in [0.3, 0.4) is 0 Å². The van der Waals surface area contributed by atoms with E-state index in [1.165, 1.54) is 10.6 Å². The van der Waals surface area contributed by atoms with Gasteiger partial charge in [0.15, 0.2) is 0 Å². The predicted octanol–water partition coefficient (Wildman–Crippen LogP) is 3.62. The number of nitrogens with one attached hydrogen (secondary N) is 1. The quantitative estimate of drug-likeness (QED) is 0.736. The number of hydrogen-bond donors (Lipinski definition) is 1. The van der Waals surface area contributed by atoms with Crippen molar-refractivity contribution < 1.29 is 0 Å². The highest BCUT2D eigenvalue weighted by molar-refractivity contribution is 7.98. The number of rotatable bonds is 4. The molecule has 1 nitrogen and oxygen atoms in total. The minimum atomic E-state index is 0.556. The zero-order chi connectivity index (χ0) is 9.68. The lowest BCUT2D eigenvalue weighted by Crippen LogP contribution is -2.12. The molecule has 1 aromatic carbocycles. The molecule has 1 atom stereocenters. The first-order valence-electron chi connectivity index (χ1n) is 4.67. The van der Waals surface area contributed by atoms with Gasteiger partial charge in [-0.1, -0.05) is 6.92 Å². The predicted molar refractivity (Wildman–Crippen MR) is 61.6 cm³/mol. The first-order valence-corrected chi connectivity index (χ1v) is 5.89. The molecule has 13 heavy (non-hydrogen) atoms. The van der Waals surface area contributed by atoms with Crippen molar-refractivity contribution in [3.8, 4) is 0 Å². The van der Waals surface area contributed by atoms with Crippen LogP contribution in [-0.2, 0) is 0 Å². The lowest BCUT2D eigenvalue weighted by molar-refractivity contribution is 0.764. The monoisotopic (exact) mass is 195 g/mol. The molecule has 1 rings (SSSR count). The largest absolute Gasteiger partial charge is 0.383 e. The van der Waals surface area contributed by atoms with Gasteiger partial charge in [0, 0.05) is 16.6 Å². The van der Waals surface area contributed by atoms with Crippen LogP contribution in [0, 0.1) is 0 Å². The molecule has 0 aliphatic heterocycles. The van der Waals surface area contributed by atoms with Crippen LogP contribution in [0.1, 0.15) is 20.3 Å². The number of hydrogen-bond acceptors (Lipinski definition) is 2.